The minimum Gasteiger partial charge on any atom is -0.396 e. The summed E-state index contributed by atoms with van der Waals surface area (Å²) in [6.45, 7) is 3.04. The van der Waals surface area contributed by atoms with Crippen LogP contribution >= 0.6 is 0 Å². The standard InChI is InChI=1S/C13H18N2O3/c1-10(14-8-13(9-16)6-7-13)11-2-4-12(5-3-11)15(17)18/h2-5,10,14,16H,6-9H2,1H3. The lowest BCUT2D eigenvalue weighted by Crippen LogP contribution is -2.28. The van der Waals surface area contributed by atoms with Gasteiger partial charge in [0.05, 0.1) is 4.92 Å². The van der Waals surface area contributed by atoms with Crippen molar-refractivity contribution in [2.75, 3.05) is 13.2 Å². The maximum Gasteiger partial charge on any atom is 0.269 e. The lowest BCUT2D eigenvalue weighted by Gasteiger charge is -2.18. The highest BCUT2D eigenvalue weighted by Crippen LogP contribution is 2.44. The maximum atomic E-state index is 10.5. The van der Waals surface area contributed by atoms with Gasteiger partial charge in [-0.2, -0.15) is 0 Å². The van der Waals surface area contributed by atoms with Gasteiger partial charge in [0.25, 0.3) is 5.69 Å². The second-order valence-electron chi connectivity index (χ2n) is 5.11. The topological polar surface area (TPSA) is 75.4 Å². The highest BCUT2D eigenvalue weighted by molar-refractivity contribution is 5.34. The first-order valence-corrected chi connectivity index (χ1v) is 6.15. The van der Waals surface area contributed by atoms with Gasteiger partial charge in [-0.3, -0.25) is 10.1 Å². The Kier molecular flexibility index (Phi) is 3.63. The highest BCUT2D eigenvalue weighted by Gasteiger charge is 2.41. The van der Waals surface area contributed by atoms with E-state index in [9.17, 15) is 15.2 Å². The molecular formula is C13H18N2O3. The zero-order chi connectivity index (χ0) is 13.2. The molecule has 1 atom stereocenters. The van der Waals surface area contributed by atoms with Crippen LogP contribution in [-0.2, 0) is 0 Å². The molecule has 5 nitrogen and oxygen atoms in total. The zero-order valence-electron chi connectivity index (χ0n) is 10.4. The van der Waals surface area contributed by atoms with Crippen LogP contribution in [0.1, 0.15) is 31.4 Å². The van der Waals surface area contributed by atoms with Crippen LogP contribution in [-0.4, -0.2) is 23.2 Å². The van der Waals surface area contributed by atoms with Crippen molar-refractivity contribution in [3.8, 4) is 0 Å². The van der Waals surface area contributed by atoms with E-state index in [2.05, 4.69) is 5.32 Å². The van der Waals surface area contributed by atoms with Crippen LogP contribution in [0.25, 0.3) is 0 Å². The number of nitro benzene ring substituents is 1. The lowest BCUT2D eigenvalue weighted by atomic mass is 10.1. The average molecular weight is 250 g/mol. The van der Waals surface area contributed by atoms with E-state index in [-0.39, 0.29) is 23.8 Å². The molecule has 98 valence electrons. The van der Waals surface area contributed by atoms with Crippen LogP contribution < -0.4 is 5.32 Å². The van der Waals surface area contributed by atoms with E-state index in [1.807, 2.05) is 6.92 Å². The Hall–Kier alpha value is -1.46. The van der Waals surface area contributed by atoms with Crippen LogP contribution in [0.3, 0.4) is 0 Å². The average Bonchev–Trinajstić information content (AvgIpc) is 3.17. The van der Waals surface area contributed by atoms with E-state index < -0.39 is 4.92 Å². The summed E-state index contributed by atoms with van der Waals surface area (Å²) >= 11 is 0. The molecule has 0 saturated heterocycles. The second kappa shape index (κ2) is 5.04. The summed E-state index contributed by atoms with van der Waals surface area (Å²) in [7, 11) is 0. The van der Waals surface area contributed by atoms with Gasteiger partial charge in [0, 0.05) is 36.7 Å². The largest absolute Gasteiger partial charge is 0.396 e. The molecule has 0 aliphatic heterocycles. The molecule has 0 aromatic heterocycles. The molecular weight excluding hydrogens is 232 g/mol. The van der Waals surface area contributed by atoms with Crippen molar-refractivity contribution < 1.29 is 10.0 Å². The van der Waals surface area contributed by atoms with Crippen molar-refractivity contribution >= 4 is 5.69 Å². The first-order valence-electron chi connectivity index (χ1n) is 6.15. The maximum absolute atomic E-state index is 10.5. The lowest BCUT2D eigenvalue weighted by molar-refractivity contribution is -0.384. The Bertz CT molecular complexity index is 426. The van der Waals surface area contributed by atoms with Gasteiger partial charge in [-0.05, 0) is 25.3 Å². The van der Waals surface area contributed by atoms with E-state index in [4.69, 9.17) is 0 Å². The summed E-state index contributed by atoms with van der Waals surface area (Å²) in [6.07, 6.45) is 2.15. The van der Waals surface area contributed by atoms with Gasteiger partial charge in [0.2, 0.25) is 0 Å². The summed E-state index contributed by atoms with van der Waals surface area (Å²) < 4.78 is 0. The van der Waals surface area contributed by atoms with Crippen LogP contribution in [0.4, 0.5) is 5.69 Å². The number of nitro groups is 1. The van der Waals surface area contributed by atoms with Crippen LogP contribution in [0.2, 0.25) is 0 Å². The number of benzene rings is 1. The molecule has 2 N–H and O–H groups in total. The Morgan fingerprint density at radius 3 is 2.50 bits per heavy atom. The Morgan fingerprint density at radius 2 is 2.06 bits per heavy atom. The molecule has 18 heavy (non-hydrogen) atoms. The van der Waals surface area contributed by atoms with Gasteiger partial charge in [-0.1, -0.05) is 12.1 Å². The van der Waals surface area contributed by atoms with Crippen molar-refractivity contribution in [2.45, 2.75) is 25.8 Å². The molecule has 1 fully saturated rings. The quantitative estimate of drug-likeness (QED) is 0.598. The number of nitrogens with one attached hydrogen (secondary N) is 1. The molecule has 1 aliphatic carbocycles. The molecule has 1 aromatic rings. The highest BCUT2D eigenvalue weighted by atomic mass is 16.6. The van der Waals surface area contributed by atoms with Crippen molar-refractivity contribution in [3.05, 3.63) is 39.9 Å². The fourth-order valence-corrected chi connectivity index (χ4v) is 1.94. The predicted molar refractivity (Wildman–Crippen MR) is 68.3 cm³/mol. The fourth-order valence-electron chi connectivity index (χ4n) is 1.94. The number of nitrogens with zero attached hydrogens (tertiary/aromatic N) is 1. The van der Waals surface area contributed by atoms with Gasteiger partial charge in [0.1, 0.15) is 0 Å². The second-order valence-corrected chi connectivity index (χ2v) is 5.11. The first-order chi connectivity index (χ1) is 8.56. The SMILES string of the molecule is CC(NCC1(CO)CC1)c1ccc([N+](=O)[O-])cc1. The van der Waals surface area contributed by atoms with Gasteiger partial charge in [-0.15, -0.1) is 0 Å². The van der Waals surface area contributed by atoms with Crippen molar-refractivity contribution in [2.24, 2.45) is 5.41 Å². The predicted octanol–water partition coefficient (Wildman–Crippen LogP) is 2.02. The third-order valence-electron chi connectivity index (χ3n) is 3.68. The smallest absolute Gasteiger partial charge is 0.269 e. The number of aliphatic hydroxyl groups excluding tert-OH is 1. The summed E-state index contributed by atoms with van der Waals surface area (Å²) in [5.74, 6) is 0. The molecule has 1 aromatic carbocycles. The van der Waals surface area contributed by atoms with E-state index >= 15 is 0 Å². The van der Waals surface area contributed by atoms with Crippen molar-refractivity contribution in [1.82, 2.24) is 5.32 Å². The van der Waals surface area contributed by atoms with Gasteiger partial charge in [-0.25, -0.2) is 0 Å². The number of non-ortho nitro benzene ring substituents is 1. The summed E-state index contributed by atoms with van der Waals surface area (Å²) in [6, 6.07) is 6.72. The molecule has 2 rings (SSSR count). The molecule has 1 unspecified atom stereocenters. The molecule has 0 bridgehead atoms. The van der Waals surface area contributed by atoms with E-state index in [1.54, 1.807) is 12.1 Å². The molecule has 0 amide bonds. The number of hydrogen-bond acceptors (Lipinski definition) is 4. The molecule has 0 radical (unpaired) electrons. The minimum absolute atomic E-state index is 0.0784. The summed E-state index contributed by atoms with van der Waals surface area (Å²) in [4.78, 5) is 10.2. The van der Waals surface area contributed by atoms with Crippen molar-refractivity contribution in [1.29, 1.82) is 0 Å². The van der Waals surface area contributed by atoms with Crippen LogP contribution in [0.15, 0.2) is 24.3 Å². The van der Waals surface area contributed by atoms with Gasteiger partial charge < -0.3 is 10.4 Å². The third-order valence-corrected chi connectivity index (χ3v) is 3.68. The normalized spacial score (nSPS) is 18.3. The van der Waals surface area contributed by atoms with Gasteiger partial charge >= 0.3 is 0 Å². The Morgan fingerprint density at radius 1 is 1.44 bits per heavy atom. The van der Waals surface area contributed by atoms with E-state index in [0.29, 0.717) is 0 Å². The van der Waals surface area contributed by atoms with Crippen LogP contribution in [0.5, 0.6) is 0 Å². The summed E-state index contributed by atoms with van der Waals surface area (Å²) in [5, 5.41) is 23.1. The molecule has 1 aliphatic rings. The molecule has 0 spiro atoms. The third kappa shape index (κ3) is 2.86. The molecule has 1 saturated carbocycles. The number of rotatable bonds is 6. The Labute approximate surface area is 106 Å². The summed E-state index contributed by atoms with van der Waals surface area (Å²) in [5.41, 5.74) is 1.21. The van der Waals surface area contributed by atoms with E-state index in [1.165, 1.54) is 12.1 Å². The Balaban J connectivity index is 1.92. The molecule has 5 heteroatoms. The number of hydrogen-bond donors (Lipinski definition) is 2. The fraction of sp³-hybridized carbons (Fsp3) is 0.538. The van der Waals surface area contributed by atoms with Crippen LogP contribution in [0, 0.1) is 15.5 Å². The minimum atomic E-state index is -0.396. The monoisotopic (exact) mass is 250 g/mol. The van der Waals surface area contributed by atoms with Gasteiger partial charge in [0.15, 0.2) is 0 Å². The van der Waals surface area contributed by atoms with E-state index in [0.717, 1.165) is 24.9 Å². The van der Waals surface area contributed by atoms with Crippen molar-refractivity contribution in [3.63, 3.8) is 0 Å². The molecule has 0 heterocycles. The zero-order valence-corrected chi connectivity index (χ0v) is 10.4. The first kappa shape index (κ1) is 13.0. The number of aliphatic hydroxyl groups is 1.